The molecule has 4 nitrogen and oxygen atoms in total. The molecule has 0 radical (unpaired) electrons. The van der Waals surface area contributed by atoms with Crippen LogP contribution in [0, 0.1) is 0 Å². The van der Waals surface area contributed by atoms with Crippen LogP contribution in [0.15, 0.2) is 72.8 Å². The average Bonchev–Trinajstić information content (AvgIpc) is 2.74. The number of ketones is 2. The minimum absolute atomic E-state index is 0.0596. The van der Waals surface area contributed by atoms with Crippen molar-refractivity contribution in [3.8, 4) is 0 Å². The maximum atomic E-state index is 12.8. The molecule has 3 aromatic rings. The van der Waals surface area contributed by atoms with Crippen LogP contribution in [0.1, 0.15) is 55.4 Å². The summed E-state index contributed by atoms with van der Waals surface area (Å²) in [6, 6.07) is 19.4. The van der Waals surface area contributed by atoms with Gasteiger partial charge in [-0.3, -0.25) is 9.59 Å². The molecule has 0 aromatic heterocycles. The van der Waals surface area contributed by atoms with Gasteiger partial charge in [0.15, 0.2) is 11.6 Å². The Bertz CT molecular complexity index is 1010. The highest BCUT2D eigenvalue weighted by Crippen LogP contribution is 2.28. The number of carboxylic acid groups (broad SMARTS) is 1. The molecule has 0 amide bonds. The van der Waals surface area contributed by atoms with Crippen molar-refractivity contribution in [2.45, 2.75) is 18.8 Å². The lowest BCUT2D eigenvalue weighted by Crippen LogP contribution is -2.13. The van der Waals surface area contributed by atoms with E-state index in [-0.39, 0.29) is 30.0 Å². The van der Waals surface area contributed by atoms with Crippen LogP contribution in [0.25, 0.3) is 0 Å². The van der Waals surface area contributed by atoms with Crippen LogP contribution in [0.5, 0.6) is 0 Å². The third-order valence-electron chi connectivity index (χ3n) is 4.80. The van der Waals surface area contributed by atoms with Gasteiger partial charge in [0.2, 0.25) is 0 Å². The van der Waals surface area contributed by atoms with Crippen molar-refractivity contribution in [2.24, 2.45) is 0 Å². The fraction of sp³-hybridized carbons (Fsp3) is 0.125. The largest absolute Gasteiger partial charge is 0.478 e. The zero-order chi connectivity index (χ0) is 21.7. The summed E-state index contributed by atoms with van der Waals surface area (Å²) in [5.41, 5.74) is 1.70. The van der Waals surface area contributed by atoms with Gasteiger partial charge in [-0.15, -0.1) is 0 Å². The van der Waals surface area contributed by atoms with Crippen LogP contribution in [0.3, 0.4) is 0 Å². The first kappa shape index (κ1) is 21.8. The van der Waals surface area contributed by atoms with E-state index in [0.29, 0.717) is 26.7 Å². The van der Waals surface area contributed by atoms with Crippen molar-refractivity contribution in [2.75, 3.05) is 0 Å². The molecule has 0 saturated heterocycles. The average molecular weight is 441 g/mol. The first-order chi connectivity index (χ1) is 14.3. The fourth-order valence-electron chi connectivity index (χ4n) is 3.19. The summed E-state index contributed by atoms with van der Waals surface area (Å²) in [5.74, 6) is -1.85. The molecule has 0 bridgehead atoms. The van der Waals surface area contributed by atoms with Gasteiger partial charge in [0.25, 0.3) is 0 Å². The maximum absolute atomic E-state index is 12.8. The molecule has 0 aliphatic heterocycles. The summed E-state index contributed by atoms with van der Waals surface area (Å²) in [7, 11) is 0. The number of carbonyl (C=O) groups excluding carboxylic acids is 2. The molecule has 30 heavy (non-hydrogen) atoms. The smallest absolute Gasteiger partial charge is 0.335 e. The van der Waals surface area contributed by atoms with Gasteiger partial charge >= 0.3 is 5.97 Å². The van der Waals surface area contributed by atoms with E-state index in [1.165, 1.54) is 12.1 Å². The van der Waals surface area contributed by atoms with E-state index in [2.05, 4.69) is 0 Å². The highest BCUT2D eigenvalue weighted by molar-refractivity contribution is 6.31. The molecular formula is C24H18Cl2O4. The van der Waals surface area contributed by atoms with Crippen LogP contribution in [0.4, 0.5) is 0 Å². The van der Waals surface area contributed by atoms with Crippen molar-refractivity contribution in [3.05, 3.63) is 105 Å². The number of hydrogen-bond acceptors (Lipinski definition) is 3. The Hall–Kier alpha value is -2.95. The van der Waals surface area contributed by atoms with Crippen LogP contribution < -0.4 is 0 Å². The molecule has 1 N–H and O–H groups in total. The topological polar surface area (TPSA) is 71.4 Å². The lowest BCUT2D eigenvalue weighted by atomic mass is 9.85. The van der Waals surface area contributed by atoms with Crippen LogP contribution >= 0.6 is 23.2 Å². The van der Waals surface area contributed by atoms with Gasteiger partial charge in [-0.05, 0) is 72.1 Å². The second kappa shape index (κ2) is 9.70. The number of carboxylic acids is 1. The Labute approximate surface area is 184 Å². The number of rotatable bonds is 8. The maximum Gasteiger partial charge on any atom is 0.335 e. The number of Topliss-reactive ketones (excluding diaryl/α,β-unsaturated/α-hetero) is 2. The first-order valence-corrected chi connectivity index (χ1v) is 10.00. The third kappa shape index (κ3) is 5.56. The van der Waals surface area contributed by atoms with Gasteiger partial charge in [-0.1, -0.05) is 35.3 Å². The SMILES string of the molecule is O=C(O)c1cccc(C(CC(=O)c2ccc(Cl)cc2)CC(=O)c2ccc(Cl)cc2)c1. The lowest BCUT2D eigenvalue weighted by molar-refractivity contribution is 0.0696. The molecule has 0 atom stereocenters. The summed E-state index contributed by atoms with van der Waals surface area (Å²) >= 11 is 11.8. The Morgan fingerprint density at radius 2 is 1.17 bits per heavy atom. The van der Waals surface area contributed by atoms with E-state index in [1.807, 2.05) is 0 Å². The second-order valence-corrected chi connectivity index (χ2v) is 7.77. The molecule has 6 heteroatoms. The van der Waals surface area contributed by atoms with Crippen molar-refractivity contribution >= 4 is 40.7 Å². The summed E-state index contributed by atoms with van der Waals surface area (Å²) in [5, 5.41) is 10.4. The van der Waals surface area contributed by atoms with Gasteiger partial charge in [0.1, 0.15) is 0 Å². The van der Waals surface area contributed by atoms with Gasteiger partial charge in [-0.2, -0.15) is 0 Å². The highest BCUT2D eigenvalue weighted by Gasteiger charge is 2.22. The summed E-state index contributed by atoms with van der Waals surface area (Å²) in [4.78, 5) is 37.0. The highest BCUT2D eigenvalue weighted by atomic mass is 35.5. The molecule has 0 aliphatic carbocycles. The molecule has 0 spiro atoms. The zero-order valence-electron chi connectivity index (χ0n) is 15.8. The quantitative estimate of drug-likeness (QED) is 0.415. The number of halogens is 2. The molecule has 0 saturated carbocycles. The van der Waals surface area contributed by atoms with E-state index >= 15 is 0 Å². The summed E-state index contributed by atoms with van der Waals surface area (Å²) < 4.78 is 0. The molecule has 152 valence electrons. The standard InChI is InChI=1S/C24H18Cl2O4/c25-20-8-4-15(5-9-20)22(27)13-19(17-2-1-3-18(12-17)24(29)30)14-23(28)16-6-10-21(26)11-7-16/h1-12,19H,13-14H2,(H,29,30). The van der Waals surface area contributed by atoms with E-state index in [0.717, 1.165) is 0 Å². The monoisotopic (exact) mass is 440 g/mol. The van der Waals surface area contributed by atoms with Crippen LogP contribution in [-0.2, 0) is 0 Å². The third-order valence-corrected chi connectivity index (χ3v) is 5.30. The number of benzene rings is 3. The van der Waals surface area contributed by atoms with E-state index in [4.69, 9.17) is 23.2 Å². The molecule has 3 rings (SSSR count). The minimum Gasteiger partial charge on any atom is -0.478 e. The Balaban J connectivity index is 1.89. The lowest BCUT2D eigenvalue weighted by Gasteiger charge is -2.17. The Morgan fingerprint density at radius 1 is 0.700 bits per heavy atom. The van der Waals surface area contributed by atoms with Crippen molar-refractivity contribution in [1.29, 1.82) is 0 Å². The van der Waals surface area contributed by atoms with Crippen LogP contribution in [-0.4, -0.2) is 22.6 Å². The predicted molar refractivity (Wildman–Crippen MR) is 117 cm³/mol. The fourth-order valence-corrected chi connectivity index (χ4v) is 3.44. The summed E-state index contributed by atoms with van der Waals surface area (Å²) in [6.45, 7) is 0. The molecule has 3 aromatic carbocycles. The first-order valence-electron chi connectivity index (χ1n) is 9.24. The Morgan fingerprint density at radius 3 is 1.60 bits per heavy atom. The number of carbonyl (C=O) groups is 3. The van der Waals surface area contributed by atoms with Gasteiger partial charge in [-0.25, -0.2) is 4.79 Å². The molecular weight excluding hydrogens is 423 g/mol. The number of hydrogen-bond donors (Lipinski definition) is 1. The molecule has 0 aliphatic rings. The zero-order valence-corrected chi connectivity index (χ0v) is 17.4. The van der Waals surface area contributed by atoms with Gasteiger partial charge in [0, 0.05) is 34.0 Å². The van der Waals surface area contributed by atoms with E-state index in [9.17, 15) is 19.5 Å². The van der Waals surface area contributed by atoms with Crippen molar-refractivity contribution in [3.63, 3.8) is 0 Å². The normalized spacial score (nSPS) is 10.8. The Kier molecular flexibility index (Phi) is 7.03. The predicted octanol–water partition coefficient (Wildman–Crippen LogP) is 6.32. The molecule has 0 fully saturated rings. The summed E-state index contributed by atoms with van der Waals surface area (Å²) in [6.07, 6.45) is 0.119. The minimum atomic E-state index is -1.07. The molecule has 0 heterocycles. The van der Waals surface area contributed by atoms with Gasteiger partial charge in [0.05, 0.1) is 5.56 Å². The molecule has 0 unspecified atom stereocenters. The van der Waals surface area contributed by atoms with Crippen LogP contribution in [0.2, 0.25) is 10.0 Å². The van der Waals surface area contributed by atoms with E-state index < -0.39 is 11.9 Å². The second-order valence-electron chi connectivity index (χ2n) is 6.90. The van der Waals surface area contributed by atoms with Crippen molar-refractivity contribution < 1.29 is 19.5 Å². The number of aromatic carboxylic acids is 1. The van der Waals surface area contributed by atoms with Gasteiger partial charge < -0.3 is 5.11 Å². The van der Waals surface area contributed by atoms with E-state index in [1.54, 1.807) is 60.7 Å². The van der Waals surface area contributed by atoms with Crippen molar-refractivity contribution in [1.82, 2.24) is 0 Å².